The highest BCUT2D eigenvalue weighted by Gasteiger charge is 1.77. The maximum atomic E-state index is 5.40. The van der Waals surface area contributed by atoms with Crippen LogP contribution in [0.3, 0.4) is 0 Å². The zero-order valence-corrected chi connectivity index (χ0v) is 7.06. The Morgan fingerprint density at radius 3 is 2.40 bits per heavy atom. The summed E-state index contributed by atoms with van der Waals surface area (Å²) >= 11 is 5.40. The predicted octanol–water partition coefficient (Wildman–Crippen LogP) is 2.10. The second-order valence-electron chi connectivity index (χ2n) is 1.39. The molecule has 0 aromatic heterocycles. The molecular weight excluding hydrogens is 146 g/mol. The van der Waals surface area contributed by atoms with Crippen LogP contribution in [0, 0.1) is 0 Å². The molecule has 0 heterocycles. The van der Waals surface area contributed by atoms with Crippen molar-refractivity contribution >= 4 is 11.6 Å². The van der Waals surface area contributed by atoms with Gasteiger partial charge in [-0.1, -0.05) is 31.4 Å². The number of rotatable bonds is 3. The Hall–Kier alpha value is -0.530. The first kappa shape index (κ1) is 12.2. The van der Waals surface area contributed by atoms with E-state index in [1.165, 1.54) is 7.05 Å². The quantitative estimate of drug-likeness (QED) is 0.496. The van der Waals surface area contributed by atoms with Crippen molar-refractivity contribution in [3.8, 4) is 0 Å². The summed E-state index contributed by atoms with van der Waals surface area (Å²) in [5.74, 6) is 0.490. The number of alkyl halides is 1. The summed E-state index contributed by atoms with van der Waals surface area (Å²) in [5.41, 5.74) is 5.41. The van der Waals surface area contributed by atoms with Gasteiger partial charge < -0.3 is 5.73 Å². The van der Waals surface area contributed by atoms with E-state index in [0.29, 0.717) is 5.88 Å². The van der Waals surface area contributed by atoms with Gasteiger partial charge in [0.1, 0.15) is 0 Å². The molecule has 1 nitrogen and oxygen atoms in total. The first-order valence-electron chi connectivity index (χ1n) is 2.92. The van der Waals surface area contributed by atoms with Crippen molar-refractivity contribution in [1.82, 2.24) is 0 Å². The van der Waals surface area contributed by atoms with Crippen LogP contribution in [0.5, 0.6) is 0 Å². The standard InChI is InChI=1S/C7H9Cl.CH5N/c1-3-4-5-7(2)6-8;1-2/h3-5H,1-2,6H2;2H2,1H3/b5-4-;. The molecule has 0 bridgehead atoms. The van der Waals surface area contributed by atoms with Crippen LogP contribution in [0.1, 0.15) is 0 Å². The van der Waals surface area contributed by atoms with Gasteiger partial charge in [0, 0.05) is 5.88 Å². The molecule has 0 aromatic carbocycles. The fourth-order valence-electron chi connectivity index (χ4n) is 0.249. The normalized spacial score (nSPS) is 8.30. The average molecular weight is 160 g/mol. The highest BCUT2D eigenvalue weighted by Crippen LogP contribution is 1.94. The molecule has 0 fully saturated rings. The van der Waals surface area contributed by atoms with Gasteiger partial charge in [0.2, 0.25) is 0 Å². The summed E-state index contributed by atoms with van der Waals surface area (Å²) < 4.78 is 0. The Morgan fingerprint density at radius 1 is 1.60 bits per heavy atom. The third-order valence-electron chi connectivity index (χ3n) is 0.640. The smallest absolute Gasteiger partial charge is 0.0468 e. The Morgan fingerprint density at radius 2 is 2.10 bits per heavy atom. The second kappa shape index (κ2) is 11.3. The molecule has 0 aromatic rings. The van der Waals surface area contributed by atoms with Gasteiger partial charge in [0.25, 0.3) is 0 Å². The third-order valence-corrected chi connectivity index (χ3v) is 0.983. The molecule has 0 amide bonds. The van der Waals surface area contributed by atoms with Crippen LogP contribution in [0.4, 0.5) is 0 Å². The summed E-state index contributed by atoms with van der Waals surface area (Å²) in [6, 6.07) is 0. The lowest BCUT2D eigenvalue weighted by atomic mass is 10.3. The van der Waals surface area contributed by atoms with Crippen molar-refractivity contribution in [1.29, 1.82) is 0 Å². The monoisotopic (exact) mass is 159 g/mol. The number of hydrogen-bond acceptors (Lipinski definition) is 1. The van der Waals surface area contributed by atoms with Gasteiger partial charge in [-0.2, -0.15) is 0 Å². The van der Waals surface area contributed by atoms with E-state index < -0.39 is 0 Å². The number of hydrogen-bond donors (Lipinski definition) is 1. The summed E-state index contributed by atoms with van der Waals surface area (Å²) in [6.07, 6.45) is 5.34. The molecule has 0 spiro atoms. The molecule has 0 saturated heterocycles. The molecule has 0 aliphatic carbocycles. The molecule has 2 heteroatoms. The maximum absolute atomic E-state index is 5.40. The first-order valence-corrected chi connectivity index (χ1v) is 3.45. The van der Waals surface area contributed by atoms with Gasteiger partial charge in [-0.3, -0.25) is 0 Å². The van der Waals surface area contributed by atoms with E-state index in [1.54, 1.807) is 6.08 Å². The van der Waals surface area contributed by atoms with Gasteiger partial charge in [-0.05, 0) is 12.6 Å². The van der Waals surface area contributed by atoms with E-state index in [-0.39, 0.29) is 0 Å². The fraction of sp³-hybridized carbons (Fsp3) is 0.250. The van der Waals surface area contributed by atoms with E-state index in [1.807, 2.05) is 12.2 Å². The lowest BCUT2D eigenvalue weighted by Gasteiger charge is -1.84. The molecule has 0 radical (unpaired) electrons. The Kier molecular flexibility index (Phi) is 13.7. The zero-order valence-electron chi connectivity index (χ0n) is 6.31. The van der Waals surface area contributed by atoms with Gasteiger partial charge in [0.05, 0.1) is 0 Å². The zero-order chi connectivity index (χ0) is 8.41. The lowest BCUT2D eigenvalue weighted by Crippen LogP contribution is -1.71. The van der Waals surface area contributed by atoms with Crippen LogP contribution in [0.25, 0.3) is 0 Å². The van der Waals surface area contributed by atoms with Gasteiger partial charge in [0.15, 0.2) is 0 Å². The van der Waals surface area contributed by atoms with Crippen molar-refractivity contribution in [2.24, 2.45) is 5.73 Å². The van der Waals surface area contributed by atoms with Crippen molar-refractivity contribution in [2.45, 2.75) is 0 Å². The van der Waals surface area contributed by atoms with Crippen molar-refractivity contribution in [2.75, 3.05) is 12.9 Å². The molecule has 0 rings (SSSR count). The maximum Gasteiger partial charge on any atom is 0.0468 e. The number of nitrogens with two attached hydrogens (primary N) is 1. The minimum atomic E-state index is 0.490. The summed E-state index contributed by atoms with van der Waals surface area (Å²) in [4.78, 5) is 0. The molecule has 58 valence electrons. The summed E-state index contributed by atoms with van der Waals surface area (Å²) in [6.45, 7) is 7.14. The first-order chi connectivity index (χ1) is 4.81. The predicted molar refractivity (Wildman–Crippen MR) is 49.3 cm³/mol. The average Bonchev–Trinajstić information content (AvgIpc) is 2.04. The summed E-state index contributed by atoms with van der Waals surface area (Å²) in [7, 11) is 1.50. The van der Waals surface area contributed by atoms with Crippen molar-refractivity contribution in [3.05, 3.63) is 37.0 Å². The van der Waals surface area contributed by atoms with E-state index in [4.69, 9.17) is 11.6 Å². The fourth-order valence-corrected chi connectivity index (χ4v) is 0.338. The highest BCUT2D eigenvalue weighted by atomic mass is 35.5. The molecule has 0 aliphatic rings. The molecule has 0 unspecified atom stereocenters. The largest absolute Gasteiger partial charge is 0.333 e. The Labute approximate surface area is 67.9 Å². The van der Waals surface area contributed by atoms with Crippen LogP contribution in [0.15, 0.2) is 37.0 Å². The summed E-state index contributed by atoms with van der Waals surface area (Å²) in [5, 5.41) is 0. The molecular formula is C8H14ClN. The van der Waals surface area contributed by atoms with Gasteiger partial charge in [-0.15, -0.1) is 11.6 Å². The lowest BCUT2D eigenvalue weighted by molar-refractivity contribution is 1.48. The minimum absolute atomic E-state index is 0.490. The number of allylic oxidation sites excluding steroid dienone is 4. The van der Waals surface area contributed by atoms with Crippen molar-refractivity contribution < 1.29 is 0 Å². The van der Waals surface area contributed by atoms with E-state index in [9.17, 15) is 0 Å². The molecule has 0 saturated carbocycles. The van der Waals surface area contributed by atoms with E-state index in [2.05, 4.69) is 18.9 Å². The van der Waals surface area contributed by atoms with Gasteiger partial charge in [-0.25, -0.2) is 0 Å². The number of halogens is 1. The molecule has 0 atom stereocenters. The van der Waals surface area contributed by atoms with Crippen LogP contribution >= 0.6 is 11.6 Å². The van der Waals surface area contributed by atoms with Crippen LogP contribution in [0.2, 0.25) is 0 Å². The topological polar surface area (TPSA) is 26.0 Å². The van der Waals surface area contributed by atoms with Crippen LogP contribution in [-0.4, -0.2) is 12.9 Å². The van der Waals surface area contributed by atoms with Crippen LogP contribution < -0.4 is 5.73 Å². The van der Waals surface area contributed by atoms with Crippen molar-refractivity contribution in [3.63, 3.8) is 0 Å². The Bertz CT molecular complexity index is 116. The van der Waals surface area contributed by atoms with E-state index >= 15 is 0 Å². The van der Waals surface area contributed by atoms with E-state index in [0.717, 1.165) is 5.57 Å². The minimum Gasteiger partial charge on any atom is -0.333 e. The second-order valence-corrected chi connectivity index (χ2v) is 1.65. The molecule has 10 heavy (non-hydrogen) atoms. The molecule has 0 aliphatic heterocycles. The SMILES string of the molecule is C=C/C=C\C(=C)CCl.CN. The Balaban J connectivity index is 0. The van der Waals surface area contributed by atoms with Gasteiger partial charge >= 0.3 is 0 Å². The highest BCUT2D eigenvalue weighted by molar-refractivity contribution is 6.19. The van der Waals surface area contributed by atoms with Crippen LogP contribution in [-0.2, 0) is 0 Å². The third kappa shape index (κ3) is 10.5. The molecule has 2 N–H and O–H groups in total.